The quantitative estimate of drug-likeness (QED) is 0.914. The van der Waals surface area contributed by atoms with E-state index in [0.29, 0.717) is 26.1 Å². The van der Waals surface area contributed by atoms with Crippen LogP contribution in [-0.4, -0.2) is 54.5 Å². The summed E-state index contributed by atoms with van der Waals surface area (Å²) in [7, 11) is 1.83. The molecule has 1 aromatic rings. The van der Waals surface area contributed by atoms with E-state index in [1.807, 2.05) is 24.1 Å². The first-order valence-electron chi connectivity index (χ1n) is 7.36. The van der Waals surface area contributed by atoms with Crippen LogP contribution in [0.2, 0.25) is 0 Å². The van der Waals surface area contributed by atoms with Crippen LogP contribution in [0.5, 0.6) is 0 Å². The minimum absolute atomic E-state index is 0.0366. The molecule has 21 heavy (non-hydrogen) atoms. The summed E-state index contributed by atoms with van der Waals surface area (Å²) in [4.78, 5) is 27.0. The fraction of sp³-hybridized carbons (Fsp3) is 0.600. The molecule has 1 N–H and O–H groups in total. The molecule has 116 valence electrons. The number of rotatable bonds is 4. The third kappa shape index (κ3) is 4.24. The van der Waals surface area contributed by atoms with Gasteiger partial charge in [-0.2, -0.15) is 0 Å². The molecular formula is C15H23N3O3. The maximum atomic E-state index is 12.0. The van der Waals surface area contributed by atoms with Gasteiger partial charge in [0.05, 0.1) is 6.26 Å². The number of likely N-dealkylation sites (tertiary alicyclic amines) is 1. The molecule has 1 saturated heterocycles. The van der Waals surface area contributed by atoms with Gasteiger partial charge in [-0.3, -0.25) is 4.79 Å². The van der Waals surface area contributed by atoms with Gasteiger partial charge in [-0.25, -0.2) is 4.79 Å². The van der Waals surface area contributed by atoms with Crippen LogP contribution in [-0.2, 0) is 11.2 Å². The Balaban J connectivity index is 1.69. The van der Waals surface area contributed by atoms with E-state index in [0.717, 1.165) is 18.6 Å². The first kappa shape index (κ1) is 15.4. The van der Waals surface area contributed by atoms with E-state index in [1.165, 1.54) is 0 Å². The minimum Gasteiger partial charge on any atom is -0.469 e. The molecule has 0 unspecified atom stereocenters. The number of carbonyl (C=O) groups is 2. The van der Waals surface area contributed by atoms with Gasteiger partial charge < -0.3 is 19.5 Å². The van der Waals surface area contributed by atoms with Gasteiger partial charge in [0.2, 0.25) is 5.91 Å². The Morgan fingerprint density at radius 1 is 1.43 bits per heavy atom. The highest BCUT2D eigenvalue weighted by Gasteiger charge is 2.26. The van der Waals surface area contributed by atoms with Crippen LogP contribution in [0.25, 0.3) is 0 Å². The van der Waals surface area contributed by atoms with Crippen LogP contribution in [0.3, 0.4) is 0 Å². The largest absolute Gasteiger partial charge is 0.469 e. The van der Waals surface area contributed by atoms with E-state index in [1.54, 1.807) is 18.1 Å². The van der Waals surface area contributed by atoms with Gasteiger partial charge in [0.25, 0.3) is 0 Å². The first-order chi connectivity index (χ1) is 10.1. The van der Waals surface area contributed by atoms with Crippen LogP contribution in [0, 0.1) is 0 Å². The van der Waals surface area contributed by atoms with Crippen molar-refractivity contribution in [3.8, 4) is 0 Å². The Morgan fingerprint density at radius 2 is 2.14 bits per heavy atom. The van der Waals surface area contributed by atoms with Crippen molar-refractivity contribution in [1.29, 1.82) is 0 Å². The zero-order chi connectivity index (χ0) is 15.2. The lowest BCUT2D eigenvalue weighted by Crippen LogP contribution is -2.49. The lowest BCUT2D eigenvalue weighted by atomic mass is 10.0. The van der Waals surface area contributed by atoms with Crippen LogP contribution >= 0.6 is 0 Å². The van der Waals surface area contributed by atoms with Crippen LogP contribution < -0.4 is 5.32 Å². The summed E-state index contributed by atoms with van der Waals surface area (Å²) in [5.74, 6) is 0.952. The van der Waals surface area contributed by atoms with Gasteiger partial charge in [0, 0.05) is 46.1 Å². The van der Waals surface area contributed by atoms with E-state index in [9.17, 15) is 9.59 Å². The topological polar surface area (TPSA) is 65.8 Å². The van der Waals surface area contributed by atoms with E-state index in [2.05, 4.69) is 5.32 Å². The standard InChI is InChI=1S/C15H23N3O3/c1-12(19)17(2)13-6-9-18(10-7-13)15(20)16-8-5-14-4-3-11-21-14/h3-4,11,13H,5-10H2,1-2H3,(H,16,20). The van der Waals surface area contributed by atoms with Gasteiger partial charge in [0.1, 0.15) is 5.76 Å². The lowest BCUT2D eigenvalue weighted by molar-refractivity contribution is -0.130. The predicted molar refractivity (Wildman–Crippen MR) is 78.8 cm³/mol. The van der Waals surface area contributed by atoms with E-state index in [-0.39, 0.29) is 18.0 Å². The van der Waals surface area contributed by atoms with Gasteiger partial charge in [0.15, 0.2) is 0 Å². The highest BCUT2D eigenvalue weighted by atomic mass is 16.3. The number of nitrogens with zero attached hydrogens (tertiary/aromatic N) is 2. The van der Waals surface area contributed by atoms with Crippen molar-refractivity contribution in [2.75, 3.05) is 26.7 Å². The molecule has 3 amide bonds. The minimum atomic E-state index is -0.0366. The van der Waals surface area contributed by atoms with E-state index in [4.69, 9.17) is 4.42 Å². The Bertz CT molecular complexity index is 465. The summed E-state index contributed by atoms with van der Waals surface area (Å²) in [6, 6.07) is 3.95. The molecule has 0 radical (unpaired) electrons. The lowest BCUT2D eigenvalue weighted by Gasteiger charge is -2.36. The zero-order valence-electron chi connectivity index (χ0n) is 12.7. The summed E-state index contributed by atoms with van der Waals surface area (Å²) >= 11 is 0. The highest BCUT2D eigenvalue weighted by molar-refractivity contribution is 5.75. The SMILES string of the molecule is CC(=O)N(C)C1CCN(C(=O)NCCc2ccco2)CC1. The third-order valence-electron chi connectivity index (χ3n) is 4.02. The monoisotopic (exact) mass is 293 g/mol. The zero-order valence-corrected chi connectivity index (χ0v) is 12.7. The molecule has 0 saturated carbocycles. The van der Waals surface area contributed by atoms with Gasteiger partial charge in [-0.1, -0.05) is 0 Å². The molecule has 1 aliphatic heterocycles. The number of hydrogen-bond acceptors (Lipinski definition) is 3. The van der Waals surface area contributed by atoms with Gasteiger partial charge in [-0.15, -0.1) is 0 Å². The molecule has 6 nitrogen and oxygen atoms in total. The number of piperidine rings is 1. The number of urea groups is 1. The van der Waals surface area contributed by atoms with E-state index >= 15 is 0 Å². The third-order valence-corrected chi connectivity index (χ3v) is 4.02. The summed E-state index contributed by atoms with van der Waals surface area (Å²) in [5, 5.41) is 2.90. The smallest absolute Gasteiger partial charge is 0.317 e. The Kier molecular flexibility index (Phi) is 5.25. The van der Waals surface area contributed by atoms with Crippen molar-refractivity contribution in [3.05, 3.63) is 24.2 Å². The molecule has 1 aliphatic rings. The molecule has 0 aliphatic carbocycles. The van der Waals surface area contributed by atoms with Crippen molar-refractivity contribution in [2.24, 2.45) is 0 Å². The average Bonchev–Trinajstić information content (AvgIpc) is 2.99. The summed E-state index contributed by atoms with van der Waals surface area (Å²) in [6.07, 6.45) is 4.00. The van der Waals surface area contributed by atoms with Crippen LogP contribution in [0.15, 0.2) is 22.8 Å². The normalized spacial score (nSPS) is 15.8. The Morgan fingerprint density at radius 3 is 2.71 bits per heavy atom. The van der Waals surface area contributed by atoms with Gasteiger partial charge >= 0.3 is 6.03 Å². The fourth-order valence-electron chi connectivity index (χ4n) is 2.57. The molecule has 1 fully saturated rings. The molecule has 0 atom stereocenters. The first-order valence-corrected chi connectivity index (χ1v) is 7.36. The number of hydrogen-bond donors (Lipinski definition) is 1. The summed E-state index contributed by atoms with van der Waals surface area (Å²) < 4.78 is 5.22. The molecule has 1 aromatic heterocycles. The molecular weight excluding hydrogens is 270 g/mol. The molecule has 0 spiro atoms. The van der Waals surface area contributed by atoms with Crippen molar-refractivity contribution in [2.45, 2.75) is 32.2 Å². The second-order valence-electron chi connectivity index (χ2n) is 5.41. The van der Waals surface area contributed by atoms with Crippen LogP contribution in [0.4, 0.5) is 4.79 Å². The molecule has 0 bridgehead atoms. The predicted octanol–water partition coefficient (Wildman–Crippen LogP) is 1.47. The number of nitrogens with one attached hydrogen (secondary N) is 1. The summed E-state index contributed by atoms with van der Waals surface area (Å²) in [5.41, 5.74) is 0. The van der Waals surface area contributed by atoms with Crippen molar-refractivity contribution in [3.63, 3.8) is 0 Å². The maximum Gasteiger partial charge on any atom is 0.317 e. The molecule has 2 heterocycles. The van der Waals surface area contributed by atoms with Crippen molar-refractivity contribution in [1.82, 2.24) is 15.1 Å². The van der Waals surface area contributed by atoms with Crippen LogP contribution in [0.1, 0.15) is 25.5 Å². The Labute approximate surface area is 125 Å². The maximum absolute atomic E-state index is 12.0. The van der Waals surface area contributed by atoms with E-state index < -0.39 is 0 Å². The molecule has 2 rings (SSSR count). The number of furan rings is 1. The Hall–Kier alpha value is -1.98. The molecule has 6 heteroatoms. The van der Waals surface area contributed by atoms with Gasteiger partial charge in [-0.05, 0) is 25.0 Å². The number of amides is 3. The average molecular weight is 293 g/mol. The van der Waals surface area contributed by atoms with Crippen molar-refractivity contribution >= 4 is 11.9 Å². The van der Waals surface area contributed by atoms with Crippen molar-refractivity contribution < 1.29 is 14.0 Å². The summed E-state index contributed by atoms with van der Waals surface area (Å²) in [6.45, 7) is 3.52. The second-order valence-corrected chi connectivity index (χ2v) is 5.41. The number of carbonyl (C=O) groups excluding carboxylic acids is 2. The highest BCUT2D eigenvalue weighted by Crippen LogP contribution is 2.15. The fourth-order valence-corrected chi connectivity index (χ4v) is 2.57. The molecule has 0 aromatic carbocycles. The second kappa shape index (κ2) is 7.15.